The Labute approximate surface area is 186 Å². The SMILES string of the molecule is CCN1C(=O)C2CC(O[Si](C)(C)C(C)(C)C)=C3c4ccc(OC)cc4CCC3C2C1=O. The van der Waals surface area contributed by atoms with Gasteiger partial charge in [-0.1, -0.05) is 26.8 Å². The van der Waals surface area contributed by atoms with Crippen molar-refractivity contribution in [1.29, 1.82) is 0 Å². The fraction of sp³-hybridized carbons (Fsp3) is 0.600. The number of amides is 2. The molecule has 4 rings (SSSR count). The van der Waals surface area contributed by atoms with Crippen molar-refractivity contribution in [3.05, 3.63) is 35.1 Å². The zero-order chi connectivity index (χ0) is 22.7. The van der Waals surface area contributed by atoms with Gasteiger partial charge in [0.15, 0.2) is 0 Å². The number of ether oxygens (including phenoxy) is 1. The lowest BCUT2D eigenvalue weighted by Crippen LogP contribution is -2.43. The third-order valence-corrected chi connectivity index (χ3v) is 12.3. The lowest BCUT2D eigenvalue weighted by molar-refractivity contribution is -0.139. The van der Waals surface area contributed by atoms with Crippen molar-refractivity contribution >= 4 is 25.7 Å². The van der Waals surface area contributed by atoms with Crippen molar-refractivity contribution in [2.75, 3.05) is 13.7 Å². The number of benzene rings is 1. The average molecular weight is 442 g/mol. The van der Waals surface area contributed by atoms with Gasteiger partial charge >= 0.3 is 0 Å². The van der Waals surface area contributed by atoms with Gasteiger partial charge in [0.1, 0.15) is 5.75 Å². The summed E-state index contributed by atoms with van der Waals surface area (Å²) in [5, 5.41) is 0.0509. The van der Waals surface area contributed by atoms with Crippen molar-refractivity contribution in [1.82, 2.24) is 4.90 Å². The lowest BCUT2D eigenvalue weighted by atomic mass is 9.65. The number of fused-ring (bicyclic) bond motifs is 5. The third kappa shape index (κ3) is 3.43. The minimum absolute atomic E-state index is 0.00309. The van der Waals surface area contributed by atoms with Crippen LogP contribution in [-0.2, 0) is 20.4 Å². The normalized spacial score (nSPS) is 25.9. The maximum Gasteiger partial charge on any atom is 0.250 e. The smallest absolute Gasteiger partial charge is 0.250 e. The Morgan fingerprint density at radius 1 is 1.13 bits per heavy atom. The van der Waals surface area contributed by atoms with Crippen LogP contribution in [0.4, 0.5) is 0 Å². The molecule has 0 N–H and O–H groups in total. The minimum Gasteiger partial charge on any atom is -0.546 e. The van der Waals surface area contributed by atoms with Crippen LogP contribution in [0.2, 0.25) is 18.1 Å². The minimum atomic E-state index is -2.11. The first kappa shape index (κ1) is 22.1. The fourth-order valence-corrected chi connectivity index (χ4v) is 6.31. The summed E-state index contributed by atoms with van der Waals surface area (Å²) < 4.78 is 12.3. The molecule has 2 aliphatic carbocycles. The van der Waals surface area contributed by atoms with Gasteiger partial charge in [0.05, 0.1) is 24.7 Å². The van der Waals surface area contributed by atoms with E-state index in [0.717, 1.165) is 29.9 Å². The molecule has 3 aliphatic rings. The molecule has 2 amide bonds. The van der Waals surface area contributed by atoms with Crippen LogP contribution in [0.3, 0.4) is 0 Å². The standard InChI is InChI=1S/C25H35NO4Si/c1-8-26-23(27)19-14-20(30-31(6,7)25(2,3)4)21-17-12-10-16(29-5)13-15(17)9-11-18(21)22(19)24(26)28/h10,12-13,18-19,22H,8-9,11,14H2,1-7H3. The summed E-state index contributed by atoms with van der Waals surface area (Å²) in [6.45, 7) is 13.5. The maximum absolute atomic E-state index is 13.2. The quantitative estimate of drug-likeness (QED) is 0.486. The summed E-state index contributed by atoms with van der Waals surface area (Å²) in [4.78, 5) is 27.8. The summed E-state index contributed by atoms with van der Waals surface area (Å²) in [6.07, 6.45) is 2.26. The van der Waals surface area contributed by atoms with Crippen molar-refractivity contribution in [2.24, 2.45) is 17.8 Å². The molecule has 0 aromatic heterocycles. The Balaban J connectivity index is 1.87. The molecule has 31 heavy (non-hydrogen) atoms. The second kappa shape index (κ2) is 7.50. The van der Waals surface area contributed by atoms with Crippen LogP contribution in [-0.4, -0.2) is 38.7 Å². The molecule has 6 heteroatoms. The number of likely N-dealkylation sites (tertiary alicyclic amines) is 1. The summed E-state index contributed by atoms with van der Waals surface area (Å²) in [5.41, 5.74) is 3.57. The molecule has 5 nitrogen and oxygen atoms in total. The molecule has 1 aliphatic heterocycles. The number of carbonyl (C=O) groups is 2. The van der Waals surface area contributed by atoms with E-state index in [1.165, 1.54) is 16.0 Å². The summed E-state index contributed by atoms with van der Waals surface area (Å²) in [5.74, 6) is 1.26. The van der Waals surface area contributed by atoms with Crippen LogP contribution in [0.15, 0.2) is 24.0 Å². The maximum atomic E-state index is 13.2. The molecule has 1 aromatic carbocycles. The predicted octanol–water partition coefficient (Wildman–Crippen LogP) is 5.02. The van der Waals surface area contributed by atoms with E-state index < -0.39 is 8.32 Å². The van der Waals surface area contributed by atoms with Crippen LogP contribution >= 0.6 is 0 Å². The fourth-order valence-electron chi connectivity index (χ4n) is 5.20. The third-order valence-electron chi connectivity index (χ3n) is 7.91. The first-order valence-electron chi connectivity index (χ1n) is 11.4. The predicted molar refractivity (Wildman–Crippen MR) is 124 cm³/mol. The Kier molecular flexibility index (Phi) is 5.36. The van der Waals surface area contributed by atoms with E-state index in [0.29, 0.717) is 13.0 Å². The number of methoxy groups -OCH3 is 1. The topological polar surface area (TPSA) is 55.8 Å². The summed E-state index contributed by atoms with van der Waals surface area (Å²) in [6, 6.07) is 6.21. The van der Waals surface area contributed by atoms with Crippen LogP contribution in [0, 0.1) is 17.8 Å². The molecule has 0 bridgehead atoms. The molecule has 168 valence electrons. The second-order valence-electron chi connectivity index (χ2n) is 10.6. The highest BCUT2D eigenvalue weighted by Gasteiger charge is 2.56. The van der Waals surface area contributed by atoms with Crippen LogP contribution in [0.5, 0.6) is 5.75 Å². The molecule has 1 heterocycles. The van der Waals surface area contributed by atoms with Gasteiger partial charge in [0, 0.05) is 18.9 Å². The first-order chi connectivity index (χ1) is 14.5. The molecule has 3 unspecified atom stereocenters. The highest BCUT2D eigenvalue weighted by Crippen LogP contribution is 2.54. The molecule has 0 saturated carbocycles. The number of rotatable bonds is 4. The van der Waals surface area contributed by atoms with Crippen molar-refractivity contribution in [3.8, 4) is 5.75 Å². The molecule has 3 atom stereocenters. The van der Waals surface area contributed by atoms with Gasteiger partial charge in [-0.25, -0.2) is 0 Å². The Hall–Kier alpha value is -2.08. The Morgan fingerprint density at radius 2 is 1.84 bits per heavy atom. The summed E-state index contributed by atoms with van der Waals surface area (Å²) >= 11 is 0. The number of allylic oxidation sites excluding steroid dienone is 2. The van der Waals surface area contributed by atoms with Gasteiger partial charge in [-0.2, -0.15) is 0 Å². The first-order valence-corrected chi connectivity index (χ1v) is 14.4. The van der Waals surface area contributed by atoms with Crippen LogP contribution < -0.4 is 4.74 Å². The number of aryl methyl sites for hydroxylation is 1. The largest absolute Gasteiger partial charge is 0.546 e. The van der Waals surface area contributed by atoms with E-state index in [4.69, 9.17) is 9.16 Å². The van der Waals surface area contributed by atoms with Crippen molar-refractivity contribution in [2.45, 2.75) is 65.1 Å². The number of imide groups is 1. The van der Waals surface area contributed by atoms with Gasteiger partial charge in [-0.05, 0) is 66.7 Å². The zero-order valence-electron chi connectivity index (χ0n) is 19.9. The Bertz CT molecular complexity index is 959. The van der Waals surface area contributed by atoms with E-state index in [9.17, 15) is 9.59 Å². The molecule has 1 fully saturated rings. The van der Waals surface area contributed by atoms with Gasteiger partial charge in [-0.15, -0.1) is 0 Å². The highest BCUT2D eigenvalue weighted by atomic mass is 28.4. The summed E-state index contributed by atoms with van der Waals surface area (Å²) in [7, 11) is -0.422. The monoisotopic (exact) mass is 441 g/mol. The van der Waals surface area contributed by atoms with E-state index in [1.54, 1.807) is 7.11 Å². The van der Waals surface area contributed by atoms with Gasteiger partial charge in [0.25, 0.3) is 0 Å². The van der Waals surface area contributed by atoms with Crippen LogP contribution in [0.1, 0.15) is 51.7 Å². The molecule has 0 radical (unpaired) electrons. The van der Waals surface area contributed by atoms with E-state index >= 15 is 0 Å². The van der Waals surface area contributed by atoms with Gasteiger partial charge in [-0.3, -0.25) is 14.5 Å². The number of hydrogen-bond donors (Lipinski definition) is 0. The van der Waals surface area contributed by atoms with Gasteiger partial charge < -0.3 is 9.16 Å². The van der Waals surface area contributed by atoms with E-state index in [-0.39, 0.29) is 34.6 Å². The number of hydrogen-bond acceptors (Lipinski definition) is 4. The van der Waals surface area contributed by atoms with E-state index in [1.807, 2.05) is 13.0 Å². The molecular formula is C25H35NO4Si. The van der Waals surface area contributed by atoms with Crippen molar-refractivity contribution < 1.29 is 18.8 Å². The number of nitrogens with zero attached hydrogens (tertiary/aromatic N) is 1. The average Bonchev–Trinajstić information content (AvgIpc) is 2.95. The number of carbonyl (C=O) groups excluding carboxylic acids is 2. The second-order valence-corrected chi connectivity index (χ2v) is 15.3. The Morgan fingerprint density at radius 3 is 2.45 bits per heavy atom. The van der Waals surface area contributed by atoms with Crippen LogP contribution in [0.25, 0.3) is 5.57 Å². The highest BCUT2D eigenvalue weighted by molar-refractivity contribution is 6.74. The molecular weight excluding hydrogens is 406 g/mol. The lowest BCUT2D eigenvalue weighted by Gasteiger charge is -2.43. The molecule has 1 saturated heterocycles. The molecule has 0 spiro atoms. The molecule has 1 aromatic rings. The van der Waals surface area contributed by atoms with Gasteiger partial charge in [0.2, 0.25) is 20.1 Å². The zero-order valence-corrected chi connectivity index (χ0v) is 20.9. The van der Waals surface area contributed by atoms with E-state index in [2.05, 4.69) is 46.0 Å². The van der Waals surface area contributed by atoms with Crippen molar-refractivity contribution in [3.63, 3.8) is 0 Å².